The van der Waals surface area contributed by atoms with Crippen LogP contribution in [0.5, 0.6) is 5.88 Å². The van der Waals surface area contributed by atoms with Crippen LogP contribution in [0.4, 0.5) is 0 Å². The van der Waals surface area contributed by atoms with Crippen LogP contribution in [0.2, 0.25) is 0 Å². The van der Waals surface area contributed by atoms with Crippen LogP contribution in [0, 0.1) is 13.8 Å². The lowest BCUT2D eigenvalue weighted by atomic mass is 10.5. The topological polar surface area (TPSA) is 50.4 Å². The molecule has 2 heterocycles. The smallest absolute Gasteiger partial charge is 0.256 e. The Balaban J connectivity index is 2.88. The molecule has 0 bridgehead atoms. The molecule has 1 N–H and O–H groups in total. The van der Waals surface area contributed by atoms with E-state index in [0.717, 1.165) is 11.4 Å². The summed E-state index contributed by atoms with van der Waals surface area (Å²) in [7, 11) is 0. The zero-order valence-corrected chi connectivity index (χ0v) is 6.94. The van der Waals surface area contributed by atoms with Crippen molar-refractivity contribution in [2.75, 3.05) is 0 Å². The number of aromatic hydroxyl groups is 1. The Labute approximate surface area is 69.5 Å². The van der Waals surface area contributed by atoms with Gasteiger partial charge >= 0.3 is 0 Å². The number of imidazole rings is 1. The Morgan fingerprint density at radius 1 is 1.17 bits per heavy atom. The van der Waals surface area contributed by atoms with Gasteiger partial charge < -0.3 is 9.51 Å². The molecule has 2 rings (SSSR count). The van der Waals surface area contributed by atoms with E-state index >= 15 is 0 Å². The number of hydrogen-bond acceptors (Lipinski definition) is 3. The van der Waals surface area contributed by atoms with E-state index in [1.54, 1.807) is 4.40 Å². The van der Waals surface area contributed by atoms with Gasteiger partial charge in [0.15, 0.2) is 0 Å². The Morgan fingerprint density at radius 3 is 2.42 bits per heavy atom. The fourth-order valence-corrected chi connectivity index (χ4v) is 1.23. The van der Waals surface area contributed by atoms with Gasteiger partial charge in [-0.3, -0.25) is 0 Å². The largest absolute Gasteiger partial charge is 0.491 e. The molecule has 0 spiro atoms. The van der Waals surface area contributed by atoms with Gasteiger partial charge in [0.2, 0.25) is 5.65 Å². The Bertz CT molecular complexity index is 433. The maximum absolute atomic E-state index is 9.37. The summed E-state index contributed by atoms with van der Waals surface area (Å²) in [5.74, 6) is -0.0110. The zero-order chi connectivity index (χ0) is 8.72. The first kappa shape index (κ1) is 7.09. The SMILES string of the molecule is Cc1cn2cc(C)nc2c(O)n1. The van der Waals surface area contributed by atoms with Crippen molar-refractivity contribution < 1.29 is 5.11 Å². The van der Waals surface area contributed by atoms with Gasteiger partial charge in [0.05, 0.1) is 11.4 Å². The van der Waals surface area contributed by atoms with Crippen LogP contribution >= 0.6 is 0 Å². The number of fused-ring (bicyclic) bond motifs is 1. The third-order valence-electron chi connectivity index (χ3n) is 1.66. The van der Waals surface area contributed by atoms with Gasteiger partial charge in [-0.25, -0.2) is 9.97 Å². The summed E-state index contributed by atoms with van der Waals surface area (Å²) in [6, 6.07) is 0. The molecular weight excluding hydrogens is 154 g/mol. The van der Waals surface area contributed by atoms with Crippen molar-refractivity contribution in [3.05, 3.63) is 23.8 Å². The van der Waals surface area contributed by atoms with Crippen molar-refractivity contribution in [3.63, 3.8) is 0 Å². The van der Waals surface area contributed by atoms with E-state index in [1.165, 1.54) is 0 Å². The second-order valence-electron chi connectivity index (χ2n) is 2.82. The van der Waals surface area contributed by atoms with E-state index in [-0.39, 0.29) is 5.88 Å². The molecule has 0 unspecified atom stereocenters. The summed E-state index contributed by atoms with van der Waals surface area (Å²) >= 11 is 0. The average Bonchev–Trinajstić information content (AvgIpc) is 2.29. The number of hydrogen-bond donors (Lipinski definition) is 1. The maximum atomic E-state index is 9.37. The average molecular weight is 163 g/mol. The van der Waals surface area contributed by atoms with E-state index in [0.29, 0.717) is 5.65 Å². The van der Waals surface area contributed by atoms with Crippen LogP contribution in [-0.4, -0.2) is 19.5 Å². The van der Waals surface area contributed by atoms with Crippen molar-refractivity contribution in [1.82, 2.24) is 14.4 Å². The van der Waals surface area contributed by atoms with Crippen LogP contribution < -0.4 is 0 Å². The fourth-order valence-electron chi connectivity index (χ4n) is 1.23. The molecule has 4 heteroatoms. The number of aromatic nitrogens is 3. The van der Waals surface area contributed by atoms with Crippen LogP contribution in [0.25, 0.3) is 5.65 Å². The number of rotatable bonds is 0. The van der Waals surface area contributed by atoms with Crippen molar-refractivity contribution >= 4 is 5.65 Å². The normalized spacial score (nSPS) is 10.8. The molecule has 0 radical (unpaired) electrons. The summed E-state index contributed by atoms with van der Waals surface area (Å²) < 4.78 is 1.77. The van der Waals surface area contributed by atoms with Gasteiger partial charge in [-0.15, -0.1) is 0 Å². The van der Waals surface area contributed by atoms with Gasteiger partial charge in [-0.05, 0) is 13.8 Å². The fraction of sp³-hybridized carbons (Fsp3) is 0.250. The van der Waals surface area contributed by atoms with Crippen molar-refractivity contribution in [3.8, 4) is 5.88 Å². The van der Waals surface area contributed by atoms with Crippen molar-refractivity contribution in [2.24, 2.45) is 0 Å². The quantitative estimate of drug-likeness (QED) is 0.631. The van der Waals surface area contributed by atoms with Crippen LogP contribution in [-0.2, 0) is 0 Å². The molecule has 0 aromatic carbocycles. The molecule has 4 nitrogen and oxygen atoms in total. The third-order valence-corrected chi connectivity index (χ3v) is 1.66. The standard InChI is InChI=1S/C8H9N3O/c1-5-3-11-4-6(2)10-8(12)7(11)9-5/h3-4H,1-2H3,(H,10,12). The molecule has 2 aromatic heterocycles. The highest BCUT2D eigenvalue weighted by molar-refractivity contribution is 5.49. The van der Waals surface area contributed by atoms with Crippen molar-refractivity contribution in [1.29, 1.82) is 0 Å². The zero-order valence-electron chi connectivity index (χ0n) is 6.94. The third kappa shape index (κ3) is 0.922. The van der Waals surface area contributed by atoms with Gasteiger partial charge in [0.1, 0.15) is 0 Å². The number of aryl methyl sites for hydroxylation is 2. The van der Waals surface area contributed by atoms with Gasteiger partial charge in [0, 0.05) is 12.4 Å². The van der Waals surface area contributed by atoms with Crippen LogP contribution in [0.3, 0.4) is 0 Å². The summed E-state index contributed by atoms with van der Waals surface area (Å²) in [5.41, 5.74) is 2.16. The lowest BCUT2D eigenvalue weighted by molar-refractivity contribution is 0.454. The lowest BCUT2D eigenvalue weighted by Crippen LogP contribution is -1.89. The van der Waals surface area contributed by atoms with Gasteiger partial charge in [0.25, 0.3) is 5.88 Å². The summed E-state index contributed by atoms with van der Waals surface area (Å²) in [6.07, 6.45) is 3.68. The Hall–Kier alpha value is -1.58. The van der Waals surface area contributed by atoms with Gasteiger partial charge in [-0.1, -0.05) is 0 Å². The number of nitrogens with zero attached hydrogens (tertiary/aromatic N) is 3. The van der Waals surface area contributed by atoms with E-state index in [9.17, 15) is 5.11 Å². The first-order chi connectivity index (χ1) is 5.66. The molecule has 0 aliphatic rings. The minimum absolute atomic E-state index is 0.0110. The van der Waals surface area contributed by atoms with Crippen molar-refractivity contribution in [2.45, 2.75) is 13.8 Å². The molecule has 0 aliphatic heterocycles. The molecule has 0 fully saturated rings. The van der Waals surface area contributed by atoms with Crippen LogP contribution in [0.1, 0.15) is 11.4 Å². The van der Waals surface area contributed by atoms with Gasteiger partial charge in [-0.2, -0.15) is 0 Å². The molecule has 0 aliphatic carbocycles. The molecule has 0 saturated carbocycles. The maximum Gasteiger partial charge on any atom is 0.256 e. The van der Waals surface area contributed by atoms with E-state index in [1.807, 2.05) is 26.2 Å². The monoisotopic (exact) mass is 163 g/mol. The molecule has 0 amide bonds. The molecule has 0 atom stereocenters. The highest BCUT2D eigenvalue weighted by Crippen LogP contribution is 2.14. The van der Waals surface area contributed by atoms with Crippen LogP contribution in [0.15, 0.2) is 12.4 Å². The molecule has 12 heavy (non-hydrogen) atoms. The summed E-state index contributed by atoms with van der Waals surface area (Å²) in [4.78, 5) is 7.99. The molecule has 2 aromatic rings. The predicted octanol–water partition coefficient (Wildman–Crippen LogP) is 1.05. The predicted molar refractivity (Wildman–Crippen MR) is 44.1 cm³/mol. The first-order valence-corrected chi connectivity index (χ1v) is 3.69. The molecular formula is C8H9N3O. The lowest BCUT2D eigenvalue weighted by Gasteiger charge is -1.96. The Morgan fingerprint density at radius 2 is 1.75 bits per heavy atom. The Kier molecular flexibility index (Phi) is 1.30. The van der Waals surface area contributed by atoms with E-state index in [4.69, 9.17) is 0 Å². The minimum atomic E-state index is -0.0110. The minimum Gasteiger partial charge on any atom is -0.491 e. The van der Waals surface area contributed by atoms with E-state index < -0.39 is 0 Å². The summed E-state index contributed by atoms with van der Waals surface area (Å²) in [5, 5.41) is 9.37. The summed E-state index contributed by atoms with van der Waals surface area (Å²) in [6.45, 7) is 3.70. The van der Waals surface area contributed by atoms with E-state index in [2.05, 4.69) is 9.97 Å². The second-order valence-corrected chi connectivity index (χ2v) is 2.82. The highest BCUT2D eigenvalue weighted by Gasteiger charge is 2.04. The molecule has 62 valence electrons. The molecule has 0 saturated heterocycles. The second kappa shape index (κ2) is 2.20. The first-order valence-electron chi connectivity index (χ1n) is 3.69. The highest BCUT2D eigenvalue weighted by atomic mass is 16.3.